The van der Waals surface area contributed by atoms with Crippen molar-refractivity contribution in [1.29, 1.82) is 0 Å². The third-order valence-corrected chi connectivity index (χ3v) is 3.66. The fourth-order valence-corrected chi connectivity index (χ4v) is 2.40. The number of urea groups is 1. The predicted molar refractivity (Wildman–Crippen MR) is 92.2 cm³/mol. The van der Waals surface area contributed by atoms with Gasteiger partial charge in [-0.25, -0.2) is 4.79 Å². The largest absolute Gasteiger partial charge is 0.398 e. The summed E-state index contributed by atoms with van der Waals surface area (Å²) in [5, 5.41) is 7.81. The van der Waals surface area contributed by atoms with Gasteiger partial charge in [-0.05, 0) is 36.1 Å². The summed E-state index contributed by atoms with van der Waals surface area (Å²) in [6.07, 6.45) is 0. The van der Waals surface area contributed by atoms with Gasteiger partial charge < -0.3 is 16.4 Å². The van der Waals surface area contributed by atoms with Crippen molar-refractivity contribution in [3.05, 3.63) is 66.2 Å². The molecule has 0 unspecified atom stereocenters. The van der Waals surface area contributed by atoms with Crippen LogP contribution < -0.4 is 16.4 Å². The molecule has 0 atom stereocenters. The molecule has 0 heterocycles. The molecule has 3 aromatic carbocycles. The molecule has 0 aromatic heterocycles. The Bertz CT molecular complexity index is 837. The molecule has 4 nitrogen and oxygen atoms in total. The lowest BCUT2D eigenvalue weighted by Crippen LogP contribution is -2.20. The zero-order chi connectivity index (χ0) is 15.5. The van der Waals surface area contributed by atoms with Crippen molar-refractivity contribution in [2.24, 2.45) is 0 Å². The summed E-state index contributed by atoms with van der Waals surface area (Å²) in [5.41, 5.74) is 8.85. The highest BCUT2D eigenvalue weighted by molar-refractivity contribution is 6.06. The van der Waals surface area contributed by atoms with Crippen LogP contribution in [0.1, 0.15) is 5.56 Å². The number of amides is 2. The zero-order valence-electron chi connectivity index (χ0n) is 12.3. The van der Waals surface area contributed by atoms with E-state index in [1.807, 2.05) is 67.6 Å². The Morgan fingerprint density at radius 3 is 2.36 bits per heavy atom. The normalized spacial score (nSPS) is 10.4. The molecule has 0 bridgehead atoms. The number of hydrogen-bond donors (Lipinski definition) is 3. The van der Waals surface area contributed by atoms with Gasteiger partial charge >= 0.3 is 6.03 Å². The molecule has 0 fully saturated rings. The minimum absolute atomic E-state index is 0.287. The van der Waals surface area contributed by atoms with Crippen molar-refractivity contribution >= 4 is 33.9 Å². The fourth-order valence-electron chi connectivity index (χ4n) is 2.40. The van der Waals surface area contributed by atoms with Gasteiger partial charge in [0.15, 0.2) is 0 Å². The lowest BCUT2D eigenvalue weighted by atomic mass is 10.1. The van der Waals surface area contributed by atoms with Crippen molar-refractivity contribution in [2.75, 3.05) is 16.4 Å². The van der Waals surface area contributed by atoms with Gasteiger partial charge in [0.05, 0.1) is 5.69 Å². The van der Waals surface area contributed by atoms with Crippen molar-refractivity contribution in [1.82, 2.24) is 0 Å². The first-order valence-electron chi connectivity index (χ1n) is 7.06. The van der Waals surface area contributed by atoms with Crippen molar-refractivity contribution in [3.63, 3.8) is 0 Å². The Kier molecular flexibility index (Phi) is 3.66. The maximum Gasteiger partial charge on any atom is 0.323 e. The van der Waals surface area contributed by atoms with Crippen LogP contribution in [-0.4, -0.2) is 6.03 Å². The van der Waals surface area contributed by atoms with Crippen LogP contribution in [0.25, 0.3) is 10.8 Å². The molecule has 110 valence electrons. The van der Waals surface area contributed by atoms with Crippen LogP contribution in [0.3, 0.4) is 0 Å². The molecular weight excluding hydrogens is 274 g/mol. The van der Waals surface area contributed by atoms with Gasteiger partial charge in [0, 0.05) is 16.8 Å². The quantitative estimate of drug-likeness (QED) is 0.613. The molecule has 0 aliphatic heterocycles. The second-order valence-corrected chi connectivity index (χ2v) is 5.13. The van der Waals surface area contributed by atoms with Crippen LogP contribution in [0.5, 0.6) is 0 Å². The van der Waals surface area contributed by atoms with Crippen LogP contribution in [0.2, 0.25) is 0 Å². The van der Waals surface area contributed by atoms with Crippen LogP contribution in [-0.2, 0) is 0 Å². The first-order chi connectivity index (χ1) is 10.6. The summed E-state index contributed by atoms with van der Waals surface area (Å²) in [6, 6.07) is 18.9. The molecule has 4 N–H and O–H groups in total. The van der Waals surface area contributed by atoms with E-state index in [4.69, 9.17) is 5.73 Å². The summed E-state index contributed by atoms with van der Waals surface area (Å²) >= 11 is 0. The van der Waals surface area contributed by atoms with Crippen molar-refractivity contribution in [2.45, 2.75) is 6.92 Å². The summed E-state index contributed by atoms with van der Waals surface area (Å²) in [6.45, 7) is 1.88. The molecule has 0 saturated carbocycles. The Morgan fingerprint density at radius 1 is 0.864 bits per heavy atom. The average Bonchev–Trinajstić information content (AvgIpc) is 2.52. The summed E-state index contributed by atoms with van der Waals surface area (Å²) in [4.78, 5) is 12.2. The van der Waals surface area contributed by atoms with Gasteiger partial charge in [-0.15, -0.1) is 0 Å². The zero-order valence-corrected chi connectivity index (χ0v) is 12.3. The van der Waals surface area contributed by atoms with E-state index in [0.29, 0.717) is 11.4 Å². The van der Waals surface area contributed by atoms with Gasteiger partial charge in [0.25, 0.3) is 0 Å². The highest BCUT2D eigenvalue weighted by Crippen LogP contribution is 2.24. The number of anilines is 3. The molecular formula is C18H17N3O. The van der Waals surface area contributed by atoms with E-state index >= 15 is 0 Å². The monoisotopic (exact) mass is 291 g/mol. The Labute approximate surface area is 129 Å². The number of nitrogen functional groups attached to an aromatic ring is 1. The lowest BCUT2D eigenvalue weighted by molar-refractivity contribution is 0.262. The second kappa shape index (κ2) is 5.77. The Morgan fingerprint density at radius 2 is 1.50 bits per heavy atom. The minimum Gasteiger partial charge on any atom is -0.398 e. The molecule has 0 saturated heterocycles. The van der Waals surface area contributed by atoms with E-state index in [0.717, 1.165) is 22.0 Å². The summed E-state index contributed by atoms with van der Waals surface area (Å²) < 4.78 is 0. The lowest BCUT2D eigenvalue weighted by Gasteiger charge is -2.12. The molecule has 0 aliphatic rings. The average molecular weight is 291 g/mol. The third kappa shape index (κ3) is 2.72. The molecule has 0 spiro atoms. The van der Waals surface area contributed by atoms with Gasteiger partial charge in [-0.1, -0.05) is 42.5 Å². The predicted octanol–water partition coefficient (Wildman–Crippen LogP) is 4.37. The molecule has 3 rings (SSSR count). The van der Waals surface area contributed by atoms with Gasteiger partial charge in [-0.2, -0.15) is 0 Å². The topological polar surface area (TPSA) is 67.1 Å². The van der Waals surface area contributed by atoms with E-state index < -0.39 is 0 Å². The highest BCUT2D eigenvalue weighted by atomic mass is 16.2. The smallest absolute Gasteiger partial charge is 0.323 e. The second-order valence-electron chi connectivity index (χ2n) is 5.13. The molecule has 0 aliphatic carbocycles. The van der Waals surface area contributed by atoms with Crippen LogP contribution in [0, 0.1) is 6.92 Å². The molecule has 22 heavy (non-hydrogen) atoms. The van der Waals surface area contributed by atoms with E-state index in [-0.39, 0.29) is 6.03 Å². The van der Waals surface area contributed by atoms with E-state index in [9.17, 15) is 4.79 Å². The third-order valence-electron chi connectivity index (χ3n) is 3.66. The van der Waals surface area contributed by atoms with E-state index in [1.54, 1.807) is 0 Å². The van der Waals surface area contributed by atoms with Gasteiger partial charge in [0.2, 0.25) is 0 Å². The highest BCUT2D eigenvalue weighted by Gasteiger charge is 2.08. The number of carbonyl (C=O) groups excluding carboxylic acids is 1. The molecule has 4 heteroatoms. The number of nitrogens with two attached hydrogens (primary N) is 1. The number of benzene rings is 3. The molecule has 2 amide bonds. The Balaban J connectivity index is 1.83. The number of carbonyl (C=O) groups is 1. The fraction of sp³-hybridized carbons (Fsp3) is 0.0556. The van der Waals surface area contributed by atoms with Crippen molar-refractivity contribution < 1.29 is 4.79 Å². The van der Waals surface area contributed by atoms with Gasteiger partial charge in [-0.3, -0.25) is 0 Å². The number of rotatable bonds is 2. The summed E-state index contributed by atoms with van der Waals surface area (Å²) in [7, 11) is 0. The SMILES string of the molecule is Cc1c(N)cccc1NC(=O)Nc1cccc2ccccc12. The van der Waals surface area contributed by atoms with Crippen LogP contribution in [0.15, 0.2) is 60.7 Å². The minimum atomic E-state index is -0.287. The number of nitrogens with one attached hydrogen (secondary N) is 2. The van der Waals surface area contributed by atoms with E-state index in [1.165, 1.54) is 0 Å². The standard InChI is InChI=1S/C18H17N3O/c1-12-15(19)9-5-10-16(12)20-18(22)21-17-11-4-7-13-6-2-3-8-14(13)17/h2-11H,19H2,1H3,(H2,20,21,22). The summed E-state index contributed by atoms with van der Waals surface area (Å²) in [5.74, 6) is 0. The number of fused-ring (bicyclic) bond motifs is 1. The van der Waals surface area contributed by atoms with Crippen molar-refractivity contribution in [3.8, 4) is 0 Å². The van der Waals surface area contributed by atoms with Crippen LogP contribution in [0.4, 0.5) is 21.9 Å². The molecule has 3 aromatic rings. The first kappa shape index (κ1) is 13.9. The van der Waals surface area contributed by atoms with E-state index in [2.05, 4.69) is 10.6 Å². The maximum atomic E-state index is 12.2. The van der Waals surface area contributed by atoms with Gasteiger partial charge in [0.1, 0.15) is 0 Å². The number of hydrogen-bond acceptors (Lipinski definition) is 2. The first-order valence-corrected chi connectivity index (χ1v) is 7.06. The van der Waals surface area contributed by atoms with Crippen LogP contribution >= 0.6 is 0 Å². The molecule has 0 radical (unpaired) electrons. The maximum absolute atomic E-state index is 12.2. The Hall–Kier alpha value is -3.01.